The molecule has 3 rings (SSSR count). The molecule has 1 heterocycles. The van der Waals surface area contributed by atoms with E-state index in [-0.39, 0.29) is 30.8 Å². The highest BCUT2D eigenvalue weighted by Gasteiger charge is 2.31. The van der Waals surface area contributed by atoms with Gasteiger partial charge < -0.3 is 10.2 Å². The summed E-state index contributed by atoms with van der Waals surface area (Å²) in [5, 5.41) is 2.80. The maximum absolute atomic E-state index is 13.0. The van der Waals surface area contributed by atoms with Crippen molar-refractivity contribution in [2.45, 2.75) is 32.6 Å². The first-order chi connectivity index (χ1) is 14.6. The number of carbonyl (C=O) groups excluding carboxylic acids is 2. The lowest BCUT2D eigenvalue weighted by Gasteiger charge is -2.34. The van der Waals surface area contributed by atoms with Crippen LogP contribution >= 0.6 is 0 Å². The number of carbonyl (C=O) groups is 2. The van der Waals surface area contributed by atoms with E-state index in [1.807, 2.05) is 26.8 Å². The predicted molar refractivity (Wildman–Crippen MR) is 120 cm³/mol. The summed E-state index contributed by atoms with van der Waals surface area (Å²) in [4.78, 5) is 26.6. The van der Waals surface area contributed by atoms with Crippen LogP contribution in [0.3, 0.4) is 0 Å². The van der Waals surface area contributed by atoms with Crippen LogP contribution in [0.25, 0.3) is 0 Å². The Labute approximate surface area is 184 Å². The zero-order valence-electron chi connectivity index (χ0n) is 18.4. The van der Waals surface area contributed by atoms with Gasteiger partial charge in [0, 0.05) is 43.3 Å². The second-order valence-electron chi connectivity index (χ2n) is 8.19. The van der Waals surface area contributed by atoms with Crippen LogP contribution in [0.4, 0.5) is 5.69 Å². The Morgan fingerprint density at radius 1 is 0.935 bits per heavy atom. The van der Waals surface area contributed by atoms with Gasteiger partial charge in [0.2, 0.25) is 15.9 Å². The van der Waals surface area contributed by atoms with Gasteiger partial charge in [0.25, 0.3) is 5.91 Å². The standard InChI is InChI=1S/C23H29N3O4S/c1-16(2)22(27)24-20-8-6-19(7-9-20)23(28)25-11-13-26(14-12-25)31(29,30)21-10-5-17(3)15-18(21)4/h5-10,15-16H,11-14H2,1-4H3,(H,24,27). The Morgan fingerprint density at radius 2 is 1.55 bits per heavy atom. The zero-order chi connectivity index (χ0) is 22.8. The largest absolute Gasteiger partial charge is 0.336 e. The molecule has 2 amide bonds. The van der Waals surface area contributed by atoms with Gasteiger partial charge in [-0.15, -0.1) is 0 Å². The number of rotatable bonds is 5. The average Bonchev–Trinajstić information content (AvgIpc) is 2.73. The van der Waals surface area contributed by atoms with E-state index in [2.05, 4.69) is 5.32 Å². The van der Waals surface area contributed by atoms with E-state index >= 15 is 0 Å². The summed E-state index contributed by atoms with van der Waals surface area (Å²) < 4.78 is 27.5. The van der Waals surface area contributed by atoms with Crippen LogP contribution in [0.15, 0.2) is 47.4 Å². The number of anilines is 1. The van der Waals surface area contributed by atoms with Crippen molar-refractivity contribution >= 4 is 27.5 Å². The SMILES string of the molecule is Cc1ccc(S(=O)(=O)N2CCN(C(=O)c3ccc(NC(=O)C(C)C)cc3)CC2)c(C)c1. The third kappa shape index (κ3) is 5.14. The van der Waals surface area contributed by atoms with Gasteiger partial charge in [-0.25, -0.2) is 8.42 Å². The molecule has 0 aliphatic carbocycles. The molecule has 2 aromatic carbocycles. The maximum Gasteiger partial charge on any atom is 0.253 e. The highest BCUT2D eigenvalue weighted by Crippen LogP contribution is 2.23. The monoisotopic (exact) mass is 443 g/mol. The Kier molecular flexibility index (Phi) is 6.81. The highest BCUT2D eigenvalue weighted by molar-refractivity contribution is 7.89. The lowest BCUT2D eigenvalue weighted by molar-refractivity contribution is -0.118. The van der Waals surface area contributed by atoms with E-state index in [1.54, 1.807) is 48.2 Å². The van der Waals surface area contributed by atoms with Crippen molar-refractivity contribution in [3.8, 4) is 0 Å². The van der Waals surface area contributed by atoms with Crippen molar-refractivity contribution in [3.05, 3.63) is 59.2 Å². The van der Waals surface area contributed by atoms with Crippen LogP contribution in [0.5, 0.6) is 0 Å². The van der Waals surface area contributed by atoms with Gasteiger partial charge >= 0.3 is 0 Å². The first-order valence-electron chi connectivity index (χ1n) is 10.4. The third-order valence-electron chi connectivity index (χ3n) is 5.40. The number of amides is 2. The van der Waals surface area contributed by atoms with Crippen LogP contribution in [-0.4, -0.2) is 55.6 Å². The zero-order valence-corrected chi connectivity index (χ0v) is 19.2. The fourth-order valence-corrected chi connectivity index (χ4v) is 5.15. The van der Waals surface area contributed by atoms with E-state index in [9.17, 15) is 18.0 Å². The number of nitrogens with zero attached hydrogens (tertiary/aromatic N) is 2. The molecule has 1 aliphatic heterocycles. The van der Waals surface area contributed by atoms with Gasteiger partial charge in [-0.2, -0.15) is 4.31 Å². The molecule has 0 atom stereocenters. The number of aryl methyl sites for hydroxylation is 2. The number of sulfonamides is 1. The number of nitrogens with one attached hydrogen (secondary N) is 1. The average molecular weight is 444 g/mol. The molecule has 0 radical (unpaired) electrons. The Hall–Kier alpha value is -2.71. The lowest BCUT2D eigenvalue weighted by atomic mass is 10.1. The van der Waals surface area contributed by atoms with Gasteiger partial charge in [-0.05, 0) is 49.7 Å². The molecular weight excluding hydrogens is 414 g/mol. The Morgan fingerprint density at radius 3 is 2.10 bits per heavy atom. The van der Waals surface area contributed by atoms with Gasteiger partial charge in [-0.3, -0.25) is 9.59 Å². The minimum absolute atomic E-state index is 0.0831. The summed E-state index contributed by atoms with van der Waals surface area (Å²) in [6.07, 6.45) is 0. The molecule has 31 heavy (non-hydrogen) atoms. The molecule has 0 saturated carbocycles. The minimum Gasteiger partial charge on any atom is -0.336 e. The van der Waals surface area contributed by atoms with Crippen LogP contribution < -0.4 is 5.32 Å². The molecular formula is C23H29N3O4S. The van der Waals surface area contributed by atoms with Gasteiger partial charge in [-0.1, -0.05) is 31.5 Å². The Balaban J connectivity index is 1.64. The quantitative estimate of drug-likeness (QED) is 0.770. The number of piperazine rings is 1. The van der Waals surface area contributed by atoms with Crippen molar-refractivity contribution in [3.63, 3.8) is 0 Å². The molecule has 1 fully saturated rings. The van der Waals surface area contributed by atoms with Crippen molar-refractivity contribution in [2.75, 3.05) is 31.5 Å². The van der Waals surface area contributed by atoms with Crippen molar-refractivity contribution in [1.29, 1.82) is 0 Å². The topological polar surface area (TPSA) is 86.8 Å². The van der Waals surface area contributed by atoms with E-state index in [1.165, 1.54) is 4.31 Å². The summed E-state index contributed by atoms with van der Waals surface area (Å²) in [5.41, 5.74) is 2.89. The summed E-state index contributed by atoms with van der Waals surface area (Å²) in [6, 6.07) is 12.1. The molecule has 0 spiro atoms. The normalized spacial score (nSPS) is 15.2. The molecule has 1 N–H and O–H groups in total. The molecule has 166 valence electrons. The number of hydrogen-bond acceptors (Lipinski definition) is 4. The summed E-state index contributed by atoms with van der Waals surface area (Å²) >= 11 is 0. The second-order valence-corrected chi connectivity index (χ2v) is 10.1. The van der Waals surface area contributed by atoms with Gasteiger partial charge in [0.1, 0.15) is 0 Å². The van der Waals surface area contributed by atoms with Gasteiger partial charge in [0.15, 0.2) is 0 Å². The van der Waals surface area contributed by atoms with Crippen LogP contribution in [0, 0.1) is 19.8 Å². The second kappa shape index (κ2) is 9.20. The fourth-order valence-electron chi connectivity index (χ4n) is 3.52. The van der Waals surface area contributed by atoms with E-state index in [0.29, 0.717) is 29.2 Å². The van der Waals surface area contributed by atoms with E-state index < -0.39 is 10.0 Å². The first kappa shape index (κ1) is 23.0. The molecule has 0 bridgehead atoms. The number of hydrogen-bond donors (Lipinski definition) is 1. The molecule has 0 aromatic heterocycles. The first-order valence-corrected chi connectivity index (χ1v) is 11.8. The molecule has 7 nitrogen and oxygen atoms in total. The highest BCUT2D eigenvalue weighted by atomic mass is 32.2. The van der Waals surface area contributed by atoms with Crippen molar-refractivity contribution in [2.24, 2.45) is 5.92 Å². The van der Waals surface area contributed by atoms with Crippen LogP contribution in [-0.2, 0) is 14.8 Å². The molecule has 1 aliphatic rings. The predicted octanol–water partition coefficient (Wildman–Crippen LogP) is 3.04. The van der Waals surface area contributed by atoms with Crippen LogP contribution in [0.1, 0.15) is 35.3 Å². The fraction of sp³-hybridized carbons (Fsp3) is 0.391. The summed E-state index contributed by atoms with van der Waals surface area (Å²) in [5.74, 6) is -0.358. The lowest BCUT2D eigenvalue weighted by Crippen LogP contribution is -2.50. The summed E-state index contributed by atoms with van der Waals surface area (Å²) in [6.45, 7) is 8.52. The van der Waals surface area contributed by atoms with Gasteiger partial charge in [0.05, 0.1) is 4.90 Å². The molecule has 8 heteroatoms. The van der Waals surface area contributed by atoms with Crippen molar-refractivity contribution < 1.29 is 18.0 Å². The smallest absolute Gasteiger partial charge is 0.253 e. The van der Waals surface area contributed by atoms with E-state index in [4.69, 9.17) is 0 Å². The molecule has 2 aromatic rings. The molecule has 0 unspecified atom stereocenters. The van der Waals surface area contributed by atoms with Crippen LogP contribution in [0.2, 0.25) is 0 Å². The Bertz CT molecular complexity index is 1070. The summed E-state index contributed by atoms with van der Waals surface area (Å²) in [7, 11) is -3.59. The van der Waals surface area contributed by atoms with Crippen molar-refractivity contribution in [1.82, 2.24) is 9.21 Å². The number of benzene rings is 2. The third-order valence-corrected chi connectivity index (χ3v) is 7.46. The maximum atomic E-state index is 13.0. The molecule has 1 saturated heterocycles. The minimum atomic E-state index is -3.59. The van der Waals surface area contributed by atoms with E-state index in [0.717, 1.165) is 11.1 Å².